The minimum absolute atomic E-state index is 0.0246. The fraction of sp³-hybridized carbons (Fsp3) is 0.706. The molecule has 0 aromatic carbocycles. The molecule has 2 bridgehead atoms. The maximum atomic E-state index is 12.9. The summed E-state index contributed by atoms with van der Waals surface area (Å²) in [7, 11) is 0. The van der Waals surface area contributed by atoms with E-state index in [1.54, 1.807) is 11.8 Å². The van der Waals surface area contributed by atoms with E-state index in [4.69, 9.17) is 4.74 Å². The van der Waals surface area contributed by atoms with Gasteiger partial charge in [-0.15, -0.1) is 0 Å². The van der Waals surface area contributed by atoms with Crippen molar-refractivity contribution < 1.29 is 24.2 Å². The van der Waals surface area contributed by atoms with Crippen LogP contribution in [0.3, 0.4) is 0 Å². The molecule has 2 aliphatic carbocycles. The van der Waals surface area contributed by atoms with E-state index in [9.17, 15) is 19.5 Å². The fourth-order valence-corrected chi connectivity index (χ4v) is 4.34. The third-order valence-electron chi connectivity index (χ3n) is 5.38. The molecule has 0 spiro atoms. The Morgan fingerprint density at radius 2 is 1.91 bits per heavy atom. The van der Waals surface area contributed by atoms with Crippen molar-refractivity contribution in [1.82, 2.24) is 4.90 Å². The zero-order valence-electron chi connectivity index (χ0n) is 13.3. The molecule has 3 aliphatic rings. The molecule has 126 valence electrons. The molecule has 0 aromatic rings. The summed E-state index contributed by atoms with van der Waals surface area (Å²) >= 11 is 0. The summed E-state index contributed by atoms with van der Waals surface area (Å²) < 4.78 is 5.06. The van der Waals surface area contributed by atoms with Crippen molar-refractivity contribution in [3.05, 3.63) is 12.2 Å². The maximum Gasteiger partial charge on any atom is 0.310 e. The second-order valence-corrected chi connectivity index (χ2v) is 6.71. The van der Waals surface area contributed by atoms with Crippen molar-refractivity contribution >= 4 is 17.8 Å². The van der Waals surface area contributed by atoms with E-state index in [1.165, 1.54) is 0 Å². The summed E-state index contributed by atoms with van der Waals surface area (Å²) in [5.74, 6) is -2.65. The zero-order chi connectivity index (χ0) is 16.6. The number of ether oxygens (including phenoxy) is 1. The van der Waals surface area contributed by atoms with Gasteiger partial charge in [-0.1, -0.05) is 12.2 Å². The average molecular weight is 321 g/mol. The first-order valence-corrected chi connectivity index (χ1v) is 8.39. The standard InChI is InChI=1S/C17H23NO5/c1-2-23-17(22)12-4-3-7-18(9-12)15(19)13-10-5-6-11(8-10)14(13)16(20)21/h5-6,10-14H,2-4,7-9H2,1H3,(H,20,21)/t10-,11-,12-,13+,14-/m1/s1. The Morgan fingerprint density at radius 3 is 2.57 bits per heavy atom. The van der Waals surface area contributed by atoms with Crippen LogP contribution in [0.5, 0.6) is 0 Å². The molecular formula is C17H23NO5. The maximum absolute atomic E-state index is 12.9. The number of aliphatic carboxylic acids is 1. The van der Waals surface area contributed by atoms with E-state index in [-0.39, 0.29) is 29.6 Å². The van der Waals surface area contributed by atoms with Crippen LogP contribution < -0.4 is 0 Å². The summed E-state index contributed by atoms with van der Waals surface area (Å²) in [6.07, 6.45) is 6.15. The third-order valence-corrected chi connectivity index (χ3v) is 5.38. The third kappa shape index (κ3) is 2.86. The largest absolute Gasteiger partial charge is 0.481 e. The fourth-order valence-electron chi connectivity index (χ4n) is 4.34. The number of amides is 1. The van der Waals surface area contributed by atoms with Gasteiger partial charge in [-0.05, 0) is 38.0 Å². The van der Waals surface area contributed by atoms with Crippen molar-refractivity contribution in [3.8, 4) is 0 Å². The van der Waals surface area contributed by atoms with Gasteiger partial charge in [-0.3, -0.25) is 14.4 Å². The SMILES string of the molecule is CCOC(=O)[C@@H]1CCCN(C(=O)[C@@H]2[C@H](C(=O)O)[C@@H]3C=C[C@@H]2C3)C1. The van der Waals surface area contributed by atoms with Crippen LogP contribution >= 0.6 is 0 Å². The summed E-state index contributed by atoms with van der Waals surface area (Å²) in [5, 5.41) is 9.48. The predicted octanol–water partition coefficient (Wildman–Crippen LogP) is 1.31. The van der Waals surface area contributed by atoms with Crippen molar-refractivity contribution in [2.45, 2.75) is 26.2 Å². The highest BCUT2D eigenvalue weighted by Crippen LogP contribution is 2.49. The lowest BCUT2D eigenvalue weighted by Crippen LogP contribution is -2.48. The molecule has 6 nitrogen and oxygen atoms in total. The van der Waals surface area contributed by atoms with Gasteiger partial charge in [0.05, 0.1) is 24.4 Å². The van der Waals surface area contributed by atoms with Crippen LogP contribution in [0.4, 0.5) is 0 Å². The molecule has 2 fully saturated rings. The number of carbonyl (C=O) groups excluding carboxylic acids is 2. The number of carbonyl (C=O) groups is 3. The second-order valence-electron chi connectivity index (χ2n) is 6.71. The van der Waals surface area contributed by atoms with Gasteiger partial charge in [0, 0.05) is 13.1 Å². The highest BCUT2D eigenvalue weighted by Gasteiger charge is 2.53. The average Bonchev–Trinajstić information content (AvgIpc) is 3.15. The number of hydrogen-bond acceptors (Lipinski definition) is 4. The van der Waals surface area contributed by atoms with Crippen molar-refractivity contribution in [2.75, 3.05) is 19.7 Å². The molecule has 1 aliphatic heterocycles. The first-order chi connectivity index (χ1) is 11.0. The molecule has 6 heteroatoms. The topological polar surface area (TPSA) is 83.9 Å². The van der Waals surface area contributed by atoms with Crippen LogP contribution in [0, 0.1) is 29.6 Å². The van der Waals surface area contributed by atoms with Crippen LogP contribution in [-0.2, 0) is 19.1 Å². The normalized spacial score (nSPS) is 35.3. The van der Waals surface area contributed by atoms with Crippen molar-refractivity contribution in [2.24, 2.45) is 29.6 Å². The molecule has 0 radical (unpaired) electrons. The van der Waals surface area contributed by atoms with E-state index in [0.29, 0.717) is 19.7 Å². The summed E-state index contributed by atoms with van der Waals surface area (Å²) in [5.41, 5.74) is 0. The lowest BCUT2D eigenvalue weighted by molar-refractivity contribution is -0.155. The Kier molecular flexibility index (Phi) is 4.41. The van der Waals surface area contributed by atoms with Gasteiger partial charge >= 0.3 is 11.9 Å². The number of likely N-dealkylation sites (tertiary alicyclic amines) is 1. The van der Waals surface area contributed by atoms with Gasteiger partial charge in [0.25, 0.3) is 0 Å². The van der Waals surface area contributed by atoms with Crippen molar-refractivity contribution in [1.29, 1.82) is 0 Å². The van der Waals surface area contributed by atoms with Gasteiger partial charge in [-0.25, -0.2) is 0 Å². The number of hydrogen-bond donors (Lipinski definition) is 1. The Hall–Kier alpha value is -1.85. The number of allylic oxidation sites excluding steroid dienone is 2. The Balaban J connectivity index is 1.71. The molecule has 1 N–H and O–H groups in total. The molecule has 0 unspecified atom stereocenters. The van der Waals surface area contributed by atoms with Gasteiger partial charge in [0.2, 0.25) is 5.91 Å². The van der Waals surface area contributed by atoms with Crippen LogP contribution in [0.15, 0.2) is 12.2 Å². The predicted molar refractivity (Wildman–Crippen MR) is 81.3 cm³/mol. The van der Waals surface area contributed by atoms with E-state index >= 15 is 0 Å². The van der Waals surface area contributed by atoms with E-state index in [0.717, 1.165) is 19.3 Å². The Morgan fingerprint density at radius 1 is 1.22 bits per heavy atom. The number of fused-ring (bicyclic) bond motifs is 2. The second kappa shape index (κ2) is 6.34. The summed E-state index contributed by atoms with van der Waals surface area (Å²) in [4.78, 5) is 38.1. The van der Waals surface area contributed by atoms with E-state index < -0.39 is 17.8 Å². The monoisotopic (exact) mass is 321 g/mol. The highest BCUT2D eigenvalue weighted by molar-refractivity contribution is 5.87. The number of nitrogens with zero attached hydrogens (tertiary/aromatic N) is 1. The lowest BCUT2D eigenvalue weighted by Gasteiger charge is -2.35. The quantitative estimate of drug-likeness (QED) is 0.623. The van der Waals surface area contributed by atoms with Crippen LogP contribution in [0.25, 0.3) is 0 Å². The van der Waals surface area contributed by atoms with Gasteiger partial charge in [0.15, 0.2) is 0 Å². The van der Waals surface area contributed by atoms with Crippen LogP contribution in [0.2, 0.25) is 0 Å². The summed E-state index contributed by atoms with van der Waals surface area (Å²) in [6.45, 7) is 3.05. The minimum Gasteiger partial charge on any atom is -0.481 e. The van der Waals surface area contributed by atoms with E-state index in [1.807, 2.05) is 12.2 Å². The van der Waals surface area contributed by atoms with Gasteiger partial charge < -0.3 is 14.7 Å². The van der Waals surface area contributed by atoms with Crippen molar-refractivity contribution in [3.63, 3.8) is 0 Å². The van der Waals surface area contributed by atoms with Crippen LogP contribution in [-0.4, -0.2) is 47.5 Å². The molecule has 1 saturated heterocycles. The minimum atomic E-state index is -0.890. The number of carboxylic acids is 1. The first kappa shape index (κ1) is 16.0. The van der Waals surface area contributed by atoms with Gasteiger partial charge in [-0.2, -0.15) is 0 Å². The molecule has 3 rings (SSSR count). The highest BCUT2D eigenvalue weighted by atomic mass is 16.5. The summed E-state index contributed by atoms with van der Waals surface area (Å²) in [6, 6.07) is 0. The lowest BCUT2D eigenvalue weighted by atomic mass is 9.81. The van der Waals surface area contributed by atoms with Gasteiger partial charge in [0.1, 0.15) is 0 Å². The molecule has 0 aromatic heterocycles. The van der Waals surface area contributed by atoms with Crippen LogP contribution in [0.1, 0.15) is 26.2 Å². The molecule has 1 saturated carbocycles. The zero-order valence-corrected chi connectivity index (χ0v) is 13.3. The van der Waals surface area contributed by atoms with E-state index in [2.05, 4.69) is 0 Å². The Bertz CT molecular complexity index is 543. The molecule has 23 heavy (non-hydrogen) atoms. The molecular weight excluding hydrogens is 298 g/mol. The number of rotatable bonds is 4. The number of piperidine rings is 1. The number of carboxylic acid groups (broad SMARTS) is 1. The first-order valence-electron chi connectivity index (χ1n) is 8.39. The molecule has 1 amide bonds. The number of esters is 1. The smallest absolute Gasteiger partial charge is 0.310 e. The Labute approximate surface area is 135 Å². The molecule has 1 heterocycles. The molecule has 5 atom stereocenters.